The quantitative estimate of drug-likeness (QED) is 0.842. The Kier molecular flexibility index (Phi) is 3.36. The lowest BCUT2D eigenvalue weighted by Gasteiger charge is -2.30. The van der Waals surface area contributed by atoms with Crippen molar-refractivity contribution in [2.75, 3.05) is 19.6 Å². The van der Waals surface area contributed by atoms with Crippen LogP contribution < -0.4 is 5.32 Å². The van der Waals surface area contributed by atoms with E-state index in [1.165, 1.54) is 0 Å². The predicted molar refractivity (Wildman–Crippen MR) is 71.4 cm³/mol. The second kappa shape index (κ2) is 4.88. The van der Waals surface area contributed by atoms with Gasteiger partial charge in [0.1, 0.15) is 5.82 Å². The number of fused-ring (bicyclic) bond motifs is 1. The average Bonchev–Trinajstić information content (AvgIpc) is 2.83. The Labute approximate surface area is 113 Å². The molecule has 0 bridgehead atoms. The normalized spacial score (nSPS) is 25.2. The number of piperazine rings is 1. The van der Waals surface area contributed by atoms with Gasteiger partial charge in [0, 0.05) is 44.8 Å². The lowest BCUT2D eigenvalue weighted by Crippen LogP contribution is -2.51. The Hall–Kier alpha value is -0.920. The van der Waals surface area contributed by atoms with Crippen molar-refractivity contribution in [1.29, 1.82) is 0 Å². The highest BCUT2D eigenvalue weighted by atomic mass is 32.2. The summed E-state index contributed by atoms with van der Waals surface area (Å²) >= 11 is 0. The topological polar surface area (TPSA) is 67.2 Å². The van der Waals surface area contributed by atoms with Crippen molar-refractivity contribution in [1.82, 2.24) is 19.2 Å². The summed E-state index contributed by atoms with van der Waals surface area (Å²) in [4.78, 5) is 4.34. The molecule has 1 unspecified atom stereocenters. The molecule has 0 amide bonds. The van der Waals surface area contributed by atoms with E-state index in [0.717, 1.165) is 31.6 Å². The van der Waals surface area contributed by atoms with Gasteiger partial charge in [0.15, 0.2) is 5.03 Å². The summed E-state index contributed by atoms with van der Waals surface area (Å²) in [5.74, 6) is 0.910. The maximum atomic E-state index is 12.6. The number of aromatic nitrogens is 2. The number of rotatable bonds is 2. The summed E-state index contributed by atoms with van der Waals surface area (Å²) in [6.45, 7) is 4.63. The second-order valence-electron chi connectivity index (χ2n) is 5.36. The summed E-state index contributed by atoms with van der Waals surface area (Å²) in [6, 6.07) is 0.195. The molecule has 0 aromatic carbocycles. The van der Waals surface area contributed by atoms with E-state index in [1.54, 1.807) is 10.5 Å². The predicted octanol–water partition coefficient (Wildman–Crippen LogP) is 0.202. The first kappa shape index (κ1) is 13.1. The van der Waals surface area contributed by atoms with Crippen LogP contribution in [0.3, 0.4) is 0 Å². The zero-order valence-electron chi connectivity index (χ0n) is 11.2. The zero-order chi connectivity index (χ0) is 13.5. The summed E-state index contributed by atoms with van der Waals surface area (Å²) in [5, 5.41) is 3.47. The number of hydrogen-bond donors (Lipinski definition) is 1. The summed E-state index contributed by atoms with van der Waals surface area (Å²) in [5.41, 5.74) is 0. The molecule has 1 saturated heterocycles. The van der Waals surface area contributed by atoms with Gasteiger partial charge >= 0.3 is 0 Å². The van der Waals surface area contributed by atoms with Crippen LogP contribution in [0.2, 0.25) is 0 Å². The second-order valence-corrected chi connectivity index (χ2v) is 7.25. The highest BCUT2D eigenvalue weighted by Gasteiger charge is 2.31. The van der Waals surface area contributed by atoms with Crippen LogP contribution in [0.5, 0.6) is 0 Å². The van der Waals surface area contributed by atoms with Crippen molar-refractivity contribution in [2.45, 2.75) is 43.8 Å². The van der Waals surface area contributed by atoms with E-state index in [0.29, 0.717) is 19.6 Å². The molecule has 2 aliphatic rings. The van der Waals surface area contributed by atoms with Gasteiger partial charge in [-0.2, -0.15) is 4.31 Å². The van der Waals surface area contributed by atoms with Crippen molar-refractivity contribution < 1.29 is 8.42 Å². The number of nitrogens with one attached hydrogen (secondary N) is 1. The maximum Gasteiger partial charge on any atom is 0.262 e. The van der Waals surface area contributed by atoms with Gasteiger partial charge in [0.25, 0.3) is 10.0 Å². The Morgan fingerprint density at radius 1 is 1.37 bits per heavy atom. The van der Waals surface area contributed by atoms with Gasteiger partial charge < -0.3 is 9.88 Å². The van der Waals surface area contributed by atoms with Crippen LogP contribution in [-0.2, 0) is 23.0 Å². The molecule has 7 heteroatoms. The first-order chi connectivity index (χ1) is 9.07. The highest BCUT2D eigenvalue weighted by molar-refractivity contribution is 7.89. The molecule has 1 N–H and O–H groups in total. The third kappa shape index (κ3) is 2.42. The van der Waals surface area contributed by atoms with Crippen LogP contribution in [0.1, 0.15) is 25.6 Å². The molecule has 1 fully saturated rings. The molecule has 0 radical (unpaired) electrons. The van der Waals surface area contributed by atoms with Crippen LogP contribution in [0.15, 0.2) is 11.2 Å². The number of imidazole rings is 1. The Morgan fingerprint density at radius 2 is 2.21 bits per heavy atom. The standard InChI is InChI=1S/C12H20N4O2S/c1-10-8-16(7-5-13-10)19(17,18)12-9-15-6-3-2-4-11(15)14-12/h9-10,13H,2-8H2,1H3. The minimum atomic E-state index is -3.43. The van der Waals surface area contributed by atoms with Crippen LogP contribution in [0, 0.1) is 0 Å². The fourth-order valence-electron chi connectivity index (χ4n) is 2.76. The third-order valence-corrected chi connectivity index (χ3v) is 5.56. The monoisotopic (exact) mass is 284 g/mol. The van der Waals surface area contributed by atoms with Crippen molar-refractivity contribution in [2.24, 2.45) is 0 Å². The third-order valence-electron chi connectivity index (χ3n) is 3.82. The number of nitrogens with zero attached hydrogens (tertiary/aromatic N) is 3. The molecule has 3 rings (SSSR count). The van der Waals surface area contributed by atoms with Crippen LogP contribution in [-0.4, -0.2) is 48.0 Å². The van der Waals surface area contributed by atoms with Gasteiger partial charge in [-0.15, -0.1) is 0 Å². The van der Waals surface area contributed by atoms with Crippen molar-refractivity contribution in [3.05, 3.63) is 12.0 Å². The lowest BCUT2D eigenvalue weighted by atomic mass is 10.2. The van der Waals surface area contributed by atoms with Gasteiger partial charge in [-0.3, -0.25) is 0 Å². The largest absolute Gasteiger partial charge is 0.333 e. The van der Waals surface area contributed by atoms with Crippen molar-refractivity contribution >= 4 is 10.0 Å². The molecule has 0 saturated carbocycles. The Morgan fingerprint density at radius 3 is 2.95 bits per heavy atom. The van der Waals surface area contributed by atoms with Gasteiger partial charge in [-0.1, -0.05) is 0 Å². The van der Waals surface area contributed by atoms with Crippen molar-refractivity contribution in [3.8, 4) is 0 Å². The molecule has 6 nitrogen and oxygen atoms in total. The molecule has 1 atom stereocenters. The van der Waals surface area contributed by atoms with Gasteiger partial charge in [-0.05, 0) is 19.8 Å². The van der Waals surface area contributed by atoms with E-state index in [1.807, 2.05) is 11.5 Å². The van der Waals surface area contributed by atoms with E-state index in [-0.39, 0.29) is 11.1 Å². The minimum Gasteiger partial charge on any atom is -0.333 e. The molecular weight excluding hydrogens is 264 g/mol. The fourth-order valence-corrected chi connectivity index (χ4v) is 4.26. The maximum absolute atomic E-state index is 12.6. The van der Waals surface area contributed by atoms with E-state index >= 15 is 0 Å². The number of hydrogen-bond acceptors (Lipinski definition) is 4. The summed E-state index contributed by atoms with van der Waals surface area (Å²) in [7, 11) is -3.43. The molecule has 3 heterocycles. The minimum absolute atomic E-state index is 0.195. The highest BCUT2D eigenvalue weighted by Crippen LogP contribution is 2.20. The fraction of sp³-hybridized carbons (Fsp3) is 0.750. The molecule has 106 valence electrons. The molecule has 19 heavy (non-hydrogen) atoms. The molecular formula is C12H20N4O2S. The zero-order valence-corrected chi connectivity index (χ0v) is 12.0. The smallest absolute Gasteiger partial charge is 0.262 e. The van der Waals surface area contributed by atoms with E-state index in [4.69, 9.17) is 0 Å². The van der Waals surface area contributed by atoms with E-state index in [2.05, 4.69) is 10.3 Å². The molecule has 0 spiro atoms. The van der Waals surface area contributed by atoms with E-state index < -0.39 is 10.0 Å². The summed E-state index contributed by atoms with van der Waals surface area (Å²) in [6.07, 6.45) is 4.79. The first-order valence-electron chi connectivity index (χ1n) is 6.87. The van der Waals surface area contributed by atoms with Crippen LogP contribution in [0.25, 0.3) is 0 Å². The molecule has 0 aliphatic carbocycles. The summed E-state index contributed by atoms with van der Waals surface area (Å²) < 4.78 is 28.7. The molecule has 1 aromatic heterocycles. The van der Waals surface area contributed by atoms with Gasteiger partial charge in [0.2, 0.25) is 0 Å². The Bertz CT molecular complexity index is 543. The van der Waals surface area contributed by atoms with Crippen LogP contribution >= 0.6 is 0 Å². The first-order valence-corrected chi connectivity index (χ1v) is 8.31. The van der Waals surface area contributed by atoms with Gasteiger partial charge in [-0.25, -0.2) is 13.4 Å². The SMILES string of the molecule is CC1CN(S(=O)(=O)c2cn3c(n2)CCCC3)CCN1. The van der Waals surface area contributed by atoms with E-state index in [9.17, 15) is 8.42 Å². The molecule has 1 aromatic rings. The average molecular weight is 284 g/mol. The number of aryl methyl sites for hydroxylation is 2. The molecule has 2 aliphatic heterocycles. The lowest BCUT2D eigenvalue weighted by molar-refractivity contribution is 0.309. The van der Waals surface area contributed by atoms with Crippen LogP contribution in [0.4, 0.5) is 0 Å². The Balaban J connectivity index is 1.89. The number of sulfonamides is 1. The van der Waals surface area contributed by atoms with Gasteiger partial charge in [0.05, 0.1) is 0 Å². The van der Waals surface area contributed by atoms with Crippen molar-refractivity contribution in [3.63, 3.8) is 0 Å².